The van der Waals surface area contributed by atoms with Crippen LogP contribution in [-0.2, 0) is 14.3 Å². The lowest BCUT2D eigenvalue weighted by atomic mass is 10.2. The van der Waals surface area contributed by atoms with Crippen LogP contribution in [-0.4, -0.2) is 31.2 Å². The van der Waals surface area contributed by atoms with Crippen LogP contribution in [0.25, 0.3) is 11.3 Å². The van der Waals surface area contributed by atoms with Crippen molar-refractivity contribution < 1.29 is 28.3 Å². The number of halogens is 1. The van der Waals surface area contributed by atoms with Crippen molar-refractivity contribution in [3.63, 3.8) is 0 Å². The zero-order valence-corrected chi connectivity index (χ0v) is 13.6. The highest BCUT2D eigenvalue weighted by molar-refractivity contribution is 6.33. The number of nitrogens with one attached hydrogen (secondary N) is 1. The number of amides is 2. The van der Waals surface area contributed by atoms with Gasteiger partial charge in [0.25, 0.3) is 5.91 Å². The quantitative estimate of drug-likeness (QED) is 0.851. The molecule has 7 nitrogen and oxygen atoms in total. The largest absolute Gasteiger partial charge is 0.453 e. The second-order valence-electron chi connectivity index (χ2n) is 4.67. The molecule has 0 aliphatic carbocycles. The summed E-state index contributed by atoms with van der Waals surface area (Å²) in [6.07, 6.45) is -2.15. The molecular formula is C16H14ClNO6. The molecule has 0 fully saturated rings. The van der Waals surface area contributed by atoms with Crippen molar-refractivity contribution in [3.05, 3.63) is 47.2 Å². The summed E-state index contributed by atoms with van der Waals surface area (Å²) in [7, 11) is 1.11. The van der Waals surface area contributed by atoms with Gasteiger partial charge in [-0.15, -0.1) is 0 Å². The summed E-state index contributed by atoms with van der Waals surface area (Å²) >= 11 is 6.06. The first-order valence-electron chi connectivity index (χ1n) is 6.87. The number of furan rings is 1. The van der Waals surface area contributed by atoms with Crippen LogP contribution in [0.15, 0.2) is 40.8 Å². The molecule has 126 valence electrons. The average Bonchev–Trinajstić information content (AvgIpc) is 3.04. The Kier molecular flexibility index (Phi) is 5.59. The highest BCUT2D eigenvalue weighted by Gasteiger charge is 2.23. The molecule has 0 aliphatic heterocycles. The third-order valence-corrected chi connectivity index (χ3v) is 3.34. The van der Waals surface area contributed by atoms with E-state index in [4.69, 9.17) is 20.8 Å². The van der Waals surface area contributed by atoms with E-state index >= 15 is 0 Å². The van der Waals surface area contributed by atoms with E-state index in [9.17, 15) is 14.4 Å². The fourth-order valence-electron chi connectivity index (χ4n) is 1.78. The number of carbonyl (C=O) groups is 3. The SMILES string of the molecule is COC(=O)NC(=O)[C@H](C)OC(=O)c1ccc(-c2ccccc2Cl)o1. The van der Waals surface area contributed by atoms with Gasteiger partial charge in [0.1, 0.15) is 5.76 Å². The molecule has 2 rings (SSSR count). The zero-order chi connectivity index (χ0) is 17.7. The molecule has 0 unspecified atom stereocenters. The Bertz CT molecular complexity index is 769. The molecule has 0 saturated carbocycles. The van der Waals surface area contributed by atoms with E-state index in [-0.39, 0.29) is 5.76 Å². The molecule has 1 heterocycles. The van der Waals surface area contributed by atoms with Gasteiger partial charge in [0, 0.05) is 5.56 Å². The number of hydrogen-bond donors (Lipinski definition) is 1. The maximum atomic E-state index is 12.0. The molecule has 0 radical (unpaired) electrons. The number of esters is 1. The van der Waals surface area contributed by atoms with Gasteiger partial charge in [-0.2, -0.15) is 0 Å². The van der Waals surface area contributed by atoms with E-state index in [2.05, 4.69) is 4.74 Å². The maximum absolute atomic E-state index is 12.0. The molecule has 1 N–H and O–H groups in total. The lowest BCUT2D eigenvalue weighted by molar-refractivity contribution is -0.128. The number of methoxy groups -OCH3 is 1. The van der Waals surface area contributed by atoms with E-state index < -0.39 is 24.1 Å². The van der Waals surface area contributed by atoms with Crippen LogP contribution in [0.2, 0.25) is 5.02 Å². The molecule has 1 atom stereocenters. The molecule has 1 aromatic heterocycles. The van der Waals surface area contributed by atoms with Crippen LogP contribution in [0.1, 0.15) is 17.5 Å². The molecular weight excluding hydrogens is 338 g/mol. The smallest absolute Gasteiger partial charge is 0.413 e. The third-order valence-electron chi connectivity index (χ3n) is 3.01. The predicted octanol–water partition coefficient (Wildman–Crippen LogP) is 3.03. The van der Waals surface area contributed by atoms with E-state index in [1.807, 2.05) is 5.32 Å². The third kappa shape index (κ3) is 4.14. The second kappa shape index (κ2) is 7.65. The van der Waals surface area contributed by atoms with Crippen LogP contribution < -0.4 is 5.32 Å². The summed E-state index contributed by atoms with van der Waals surface area (Å²) in [6.45, 7) is 1.31. The summed E-state index contributed by atoms with van der Waals surface area (Å²) < 4.78 is 14.6. The Morgan fingerprint density at radius 2 is 1.88 bits per heavy atom. The Morgan fingerprint density at radius 1 is 1.17 bits per heavy atom. The number of ether oxygens (including phenoxy) is 2. The maximum Gasteiger partial charge on any atom is 0.413 e. The highest BCUT2D eigenvalue weighted by atomic mass is 35.5. The molecule has 24 heavy (non-hydrogen) atoms. The number of imide groups is 1. The lowest BCUT2D eigenvalue weighted by Gasteiger charge is -2.11. The minimum atomic E-state index is -1.20. The fraction of sp³-hybridized carbons (Fsp3) is 0.188. The topological polar surface area (TPSA) is 94.8 Å². The zero-order valence-electron chi connectivity index (χ0n) is 12.9. The van der Waals surface area contributed by atoms with Crippen molar-refractivity contribution in [3.8, 4) is 11.3 Å². The van der Waals surface area contributed by atoms with Gasteiger partial charge < -0.3 is 13.9 Å². The second-order valence-corrected chi connectivity index (χ2v) is 5.08. The molecule has 2 aromatic rings. The fourth-order valence-corrected chi connectivity index (χ4v) is 2.01. The van der Waals surface area contributed by atoms with E-state index in [1.54, 1.807) is 30.3 Å². The van der Waals surface area contributed by atoms with Crippen LogP contribution in [0.3, 0.4) is 0 Å². The van der Waals surface area contributed by atoms with E-state index in [0.717, 1.165) is 7.11 Å². The summed E-state index contributed by atoms with van der Waals surface area (Å²) in [5, 5.41) is 2.37. The van der Waals surface area contributed by atoms with E-state index in [1.165, 1.54) is 13.0 Å². The summed E-state index contributed by atoms with van der Waals surface area (Å²) in [4.78, 5) is 34.6. The summed E-state index contributed by atoms with van der Waals surface area (Å²) in [6, 6.07) is 9.95. The van der Waals surface area contributed by atoms with Crippen LogP contribution in [0.4, 0.5) is 4.79 Å². The van der Waals surface area contributed by atoms with Gasteiger partial charge in [0.2, 0.25) is 5.76 Å². The molecule has 0 spiro atoms. The van der Waals surface area contributed by atoms with Gasteiger partial charge in [-0.1, -0.05) is 23.7 Å². The molecule has 1 aromatic carbocycles. The van der Waals surface area contributed by atoms with Crippen LogP contribution >= 0.6 is 11.6 Å². The predicted molar refractivity (Wildman–Crippen MR) is 84.6 cm³/mol. The molecule has 0 saturated heterocycles. The molecule has 8 heteroatoms. The first-order valence-corrected chi connectivity index (χ1v) is 7.24. The summed E-state index contributed by atoms with van der Waals surface area (Å²) in [5.41, 5.74) is 0.620. The van der Waals surface area contributed by atoms with Crippen LogP contribution in [0.5, 0.6) is 0 Å². The van der Waals surface area contributed by atoms with Crippen molar-refractivity contribution in [2.24, 2.45) is 0 Å². The van der Waals surface area contributed by atoms with Gasteiger partial charge in [0.05, 0.1) is 12.1 Å². The van der Waals surface area contributed by atoms with Gasteiger partial charge in [-0.05, 0) is 31.2 Å². The standard InChI is InChI=1S/C16H14ClNO6/c1-9(14(19)18-16(21)22-2)23-15(20)13-8-7-12(24-13)10-5-3-4-6-11(10)17/h3-9H,1-2H3,(H,18,19,21)/t9-/m0/s1. The van der Waals surface area contributed by atoms with Crippen LogP contribution in [0, 0.1) is 0 Å². The Morgan fingerprint density at radius 3 is 2.54 bits per heavy atom. The Balaban J connectivity index is 2.05. The first-order chi connectivity index (χ1) is 11.4. The van der Waals surface area contributed by atoms with Gasteiger partial charge >= 0.3 is 12.1 Å². The number of hydrogen-bond acceptors (Lipinski definition) is 6. The molecule has 0 aliphatic rings. The molecule has 2 amide bonds. The number of benzene rings is 1. The van der Waals surface area contributed by atoms with E-state index in [0.29, 0.717) is 16.3 Å². The first kappa shape index (κ1) is 17.6. The van der Waals surface area contributed by atoms with Crippen molar-refractivity contribution in [1.29, 1.82) is 0 Å². The van der Waals surface area contributed by atoms with Crippen molar-refractivity contribution in [2.75, 3.05) is 7.11 Å². The van der Waals surface area contributed by atoms with Crippen molar-refractivity contribution >= 4 is 29.6 Å². The molecule has 0 bridgehead atoms. The Labute approximate surface area is 142 Å². The number of rotatable bonds is 4. The van der Waals surface area contributed by atoms with Gasteiger partial charge in [0.15, 0.2) is 6.10 Å². The van der Waals surface area contributed by atoms with Gasteiger partial charge in [-0.25, -0.2) is 9.59 Å². The average molecular weight is 352 g/mol. The summed E-state index contributed by atoms with van der Waals surface area (Å²) in [5.74, 6) is -1.37. The Hall–Kier alpha value is -2.80. The van der Waals surface area contributed by atoms with Gasteiger partial charge in [-0.3, -0.25) is 10.1 Å². The monoisotopic (exact) mass is 351 g/mol. The highest BCUT2D eigenvalue weighted by Crippen LogP contribution is 2.29. The van der Waals surface area contributed by atoms with Crippen molar-refractivity contribution in [2.45, 2.75) is 13.0 Å². The minimum Gasteiger partial charge on any atom is -0.453 e. The number of alkyl carbamates (subject to hydrolysis) is 1. The lowest BCUT2D eigenvalue weighted by Crippen LogP contribution is -2.39. The normalized spacial score (nSPS) is 11.5. The minimum absolute atomic E-state index is 0.0948. The van der Waals surface area contributed by atoms with Crippen molar-refractivity contribution in [1.82, 2.24) is 5.32 Å². The number of carbonyl (C=O) groups excluding carboxylic acids is 3.